The van der Waals surface area contributed by atoms with Crippen LogP contribution in [0.25, 0.3) is 0 Å². The van der Waals surface area contributed by atoms with Crippen molar-refractivity contribution < 1.29 is 17.6 Å². The summed E-state index contributed by atoms with van der Waals surface area (Å²) in [5.41, 5.74) is 0.495. The van der Waals surface area contributed by atoms with E-state index in [1.807, 2.05) is 6.92 Å². The second-order valence-electron chi connectivity index (χ2n) is 4.77. The standard InChI is InChI=1S/C14H20F4N2/c1-3-19-13(11-6-4-5-7-12(11)15)8-9-20(2)10-14(16,17)18/h4-7,13,19H,3,8-10H2,1-2H3. The molecule has 0 heterocycles. The second-order valence-corrected chi connectivity index (χ2v) is 4.77. The third kappa shape index (κ3) is 5.88. The molecule has 1 N–H and O–H groups in total. The number of halogens is 4. The molecule has 1 rings (SSSR count). The van der Waals surface area contributed by atoms with Crippen LogP contribution in [0.2, 0.25) is 0 Å². The van der Waals surface area contributed by atoms with E-state index >= 15 is 0 Å². The summed E-state index contributed by atoms with van der Waals surface area (Å²) in [6, 6.07) is 6.06. The molecule has 0 aliphatic heterocycles. The fourth-order valence-electron chi connectivity index (χ4n) is 2.11. The molecule has 0 aliphatic carbocycles. The van der Waals surface area contributed by atoms with Crippen molar-refractivity contribution in [2.75, 3.05) is 26.7 Å². The topological polar surface area (TPSA) is 15.3 Å². The summed E-state index contributed by atoms with van der Waals surface area (Å²) < 4.78 is 50.5. The van der Waals surface area contributed by atoms with Gasteiger partial charge in [-0.3, -0.25) is 4.90 Å². The zero-order chi connectivity index (χ0) is 15.2. The van der Waals surface area contributed by atoms with E-state index in [-0.39, 0.29) is 18.4 Å². The number of benzene rings is 1. The maximum Gasteiger partial charge on any atom is 0.401 e. The Balaban J connectivity index is 2.62. The second kappa shape index (κ2) is 7.59. The van der Waals surface area contributed by atoms with Gasteiger partial charge in [-0.2, -0.15) is 13.2 Å². The van der Waals surface area contributed by atoms with Gasteiger partial charge in [0.25, 0.3) is 0 Å². The molecule has 0 spiro atoms. The fourth-order valence-corrected chi connectivity index (χ4v) is 2.11. The van der Waals surface area contributed by atoms with E-state index in [0.29, 0.717) is 18.5 Å². The molecule has 20 heavy (non-hydrogen) atoms. The highest BCUT2D eigenvalue weighted by molar-refractivity contribution is 5.21. The molecule has 0 saturated heterocycles. The van der Waals surface area contributed by atoms with Crippen molar-refractivity contribution in [3.8, 4) is 0 Å². The van der Waals surface area contributed by atoms with E-state index < -0.39 is 12.7 Å². The van der Waals surface area contributed by atoms with Gasteiger partial charge in [0.05, 0.1) is 6.54 Å². The zero-order valence-corrected chi connectivity index (χ0v) is 11.7. The van der Waals surface area contributed by atoms with E-state index in [2.05, 4.69) is 5.32 Å². The number of rotatable bonds is 7. The van der Waals surface area contributed by atoms with Crippen LogP contribution in [0.15, 0.2) is 24.3 Å². The molecule has 114 valence electrons. The average molecular weight is 292 g/mol. The molecule has 1 atom stereocenters. The molecular formula is C14H20F4N2. The number of alkyl halides is 3. The van der Waals surface area contributed by atoms with Gasteiger partial charge in [-0.15, -0.1) is 0 Å². The number of nitrogens with zero attached hydrogens (tertiary/aromatic N) is 1. The van der Waals surface area contributed by atoms with Crippen molar-refractivity contribution in [1.82, 2.24) is 10.2 Å². The summed E-state index contributed by atoms with van der Waals surface area (Å²) in [6.45, 7) is 1.80. The van der Waals surface area contributed by atoms with Crippen LogP contribution in [-0.2, 0) is 0 Å². The first-order valence-corrected chi connectivity index (χ1v) is 6.56. The van der Waals surface area contributed by atoms with Gasteiger partial charge >= 0.3 is 6.18 Å². The van der Waals surface area contributed by atoms with Gasteiger partial charge in [-0.25, -0.2) is 4.39 Å². The molecule has 0 fully saturated rings. The van der Waals surface area contributed by atoms with Gasteiger partial charge < -0.3 is 5.32 Å². The molecule has 1 unspecified atom stereocenters. The normalized spacial score (nSPS) is 13.8. The van der Waals surface area contributed by atoms with Crippen LogP contribution in [0.1, 0.15) is 24.9 Å². The monoisotopic (exact) mass is 292 g/mol. The minimum absolute atomic E-state index is 0.242. The molecule has 0 amide bonds. The third-order valence-corrected chi connectivity index (χ3v) is 2.98. The summed E-state index contributed by atoms with van der Waals surface area (Å²) in [6.07, 6.45) is -3.79. The first-order valence-electron chi connectivity index (χ1n) is 6.56. The van der Waals surface area contributed by atoms with Crippen LogP contribution in [-0.4, -0.2) is 37.8 Å². The van der Waals surface area contributed by atoms with Crippen molar-refractivity contribution in [2.24, 2.45) is 0 Å². The summed E-state index contributed by atoms with van der Waals surface area (Å²) in [7, 11) is 1.41. The van der Waals surface area contributed by atoms with Gasteiger partial charge in [0.1, 0.15) is 5.82 Å². The van der Waals surface area contributed by atoms with Gasteiger partial charge in [0, 0.05) is 11.6 Å². The van der Waals surface area contributed by atoms with Crippen LogP contribution >= 0.6 is 0 Å². The smallest absolute Gasteiger partial charge is 0.310 e. The Morgan fingerprint density at radius 3 is 2.45 bits per heavy atom. The zero-order valence-electron chi connectivity index (χ0n) is 11.7. The summed E-state index contributed by atoms with van der Waals surface area (Å²) >= 11 is 0. The van der Waals surface area contributed by atoms with Crippen LogP contribution in [0.5, 0.6) is 0 Å². The molecular weight excluding hydrogens is 272 g/mol. The third-order valence-electron chi connectivity index (χ3n) is 2.98. The summed E-state index contributed by atoms with van der Waals surface area (Å²) in [4.78, 5) is 1.20. The van der Waals surface area contributed by atoms with Crippen molar-refractivity contribution in [3.63, 3.8) is 0 Å². The lowest BCUT2D eigenvalue weighted by molar-refractivity contribution is -0.143. The van der Waals surface area contributed by atoms with Gasteiger partial charge in [-0.1, -0.05) is 25.1 Å². The average Bonchev–Trinajstić information content (AvgIpc) is 2.33. The van der Waals surface area contributed by atoms with E-state index in [4.69, 9.17) is 0 Å². The van der Waals surface area contributed by atoms with Crippen LogP contribution < -0.4 is 5.32 Å². The molecule has 0 aliphatic rings. The van der Waals surface area contributed by atoms with E-state index in [0.717, 1.165) is 0 Å². The van der Waals surface area contributed by atoms with Crippen LogP contribution in [0.4, 0.5) is 17.6 Å². The maximum absolute atomic E-state index is 13.7. The highest BCUT2D eigenvalue weighted by Crippen LogP contribution is 2.21. The van der Waals surface area contributed by atoms with Crippen LogP contribution in [0.3, 0.4) is 0 Å². The van der Waals surface area contributed by atoms with E-state index in [1.54, 1.807) is 18.2 Å². The lowest BCUT2D eigenvalue weighted by atomic mass is 10.0. The van der Waals surface area contributed by atoms with E-state index in [1.165, 1.54) is 18.0 Å². The molecule has 6 heteroatoms. The van der Waals surface area contributed by atoms with Crippen molar-refractivity contribution in [3.05, 3.63) is 35.6 Å². The van der Waals surface area contributed by atoms with Crippen molar-refractivity contribution in [1.29, 1.82) is 0 Å². The van der Waals surface area contributed by atoms with Crippen molar-refractivity contribution >= 4 is 0 Å². The first kappa shape index (κ1) is 16.9. The summed E-state index contributed by atoms with van der Waals surface area (Å²) in [5, 5.41) is 3.11. The molecule has 1 aromatic carbocycles. The Kier molecular flexibility index (Phi) is 6.42. The number of nitrogens with one attached hydrogen (secondary N) is 1. The number of hydrogen-bond acceptors (Lipinski definition) is 2. The van der Waals surface area contributed by atoms with Gasteiger partial charge in [0.2, 0.25) is 0 Å². The van der Waals surface area contributed by atoms with Crippen molar-refractivity contribution in [2.45, 2.75) is 25.6 Å². The molecule has 1 aromatic rings. The minimum atomic E-state index is -4.21. The molecule has 0 bridgehead atoms. The highest BCUT2D eigenvalue weighted by Gasteiger charge is 2.29. The lowest BCUT2D eigenvalue weighted by Crippen LogP contribution is -2.34. The SMILES string of the molecule is CCNC(CCN(C)CC(F)(F)F)c1ccccc1F. The Labute approximate surface area is 116 Å². The van der Waals surface area contributed by atoms with Crippen LogP contribution in [0, 0.1) is 5.82 Å². The Hall–Kier alpha value is -1.14. The Bertz CT molecular complexity index is 406. The van der Waals surface area contributed by atoms with Gasteiger partial charge in [0.15, 0.2) is 0 Å². The lowest BCUT2D eigenvalue weighted by Gasteiger charge is -2.23. The Morgan fingerprint density at radius 1 is 1.25 bits per heavy atom. The molecule has 0 radical (unpaired) electrons. The molecule has 0 saturated carbocycles. The largest absolute Gasteiger partial charge is 0.401 e. The first-order chi connectivity index (χ1) is 9.33. The minimum Gasteiger partial charge on any atom is -0.310 e. The predicted octanol–water partition coefficient (Wildman–Crippen LogP) is 3.36. The number of hydrogen-bond donors (Lipinski definition) is 1. The van der Waals surface area contributed by atoms with E-state index in [9.17, 15) is 17.6 Å². The highest BCUT2D eigenvalue weighted by atomic mass is 19.4. The molecule has 2 nitrogen and oxygen atoms in total. The Morgan fingerprint density at radius 2 is 1.90 bits per heavy atom. The molecule has 0 aromatic heterocycles. The predicted molar refractivity (Wildman–Crippen MR) is 71.0 cm³/mol. The fraction of sp³-hybridized carbons (Fsp3) is 0.571. The maximum atomic E-state index is 13.7. The van der Waals surface area contributed by atoms with Gasteiger partial charge in [-0.05, 0) is 32.6 Å². The quantitative estimate of drug-likeness (QED) is 0.775. The summed E-state index contributed by atoms with van der Waals surface area (Å²) in [5.74, 6) is -0.336.